The van der Waals surface area contributed by atoms with Crippen LogP contribution in [0.25, 0.3) is 0 Å². The number of piperidine rings is 1. The van der Waals surface area contributed by atoms with Crippen molar-refractivity contribution in [3.8, 4) is 0 Å². The Bertz CT molecular complexity index is 314. The predicted octanol–water partition coefficient (Wildman–Crippen LogP) is 1.57. The number of hydrogen-bond acceptors (Lipinski definition) is 3. The van der Waals surface area contributed by atoms with Gasteiger partial charge in [-0.1, -0.05) is 6.08 Å². The van der Waals surface area contributed by atoms with Crippen LogP contribution in [-0.2, 0) is 9.53 Å². The van der Waals surface area contributed by atoms with Crippen LogP contribution in [-0.4, -0.2) is 49.7 Å². The first-order valence-corrected chi connectivity index (χ1v) is 7.39. The lowest BCUT2D eigenvalue weighted by molar-refractivity contribution is -0.144. The first-order valence-electron chi connectivity index (χ1n) is 7.39. The van der Waals surface area contributed by atoms with Crippen molar-refractivity contribution in [3.63, 3.8) is 0 Å². The van der Waals surface area contributed by atoms with Gasteiger partial charge in [0.05, 0.1) is 6.61 Å². The monoisotopic (exact) mass is 266 g/mol. The molecule has 2 aliphatic heterocycles. The van der Waals surface area contributed by atoms with Gasteiger partial charge >= 0.3 is 0 Å². The second-order valence-electron chi connectivity index (χ2n) is 5.84. The van der Waals surface area contributed by atoms with E-state index in [1.165, 1.54) is 6.42 Å². The van der Waals surface area contributed by atoms with Crippen molar-refractivity contribution in [2.45, 2.75) is 38.7 Å². The Morgan fingerprint density at radius 1 is 1.47 bits per heavy atom. The maximum atomic E-state index is 12.3. The Morgan fingerprint density at radius 2 is 2.21 bits per heavy atom. The average Bonchev–Trinajstić information content (AvgIpc) is 2.87. The molecule has 0 aromatic carbocycles. The van der Waals surface area contributed by atoms with E-state index in [2.05, 4.69) is 11.9 Å². The standard InChI is InChI=1S/C15H26N2O2/c1-3-4-11-19-13(2)14(18)17-9-6-15(7-10-17)5-8-16-12-15/h3,13,16H,1,4-12H2,2H3. The van der Waals surface area contributed by atoms with E-state index in [9.17, 15) is 4.79 Å². The van der Waals surface area contributed by atoms with E-state index in [-0.39, 0.29) is 12.0 Å². The Hall–Kier alpha value is -0.870. The number of ether oxygens (including phenoxy) is 1. The molecule has 1 amide bonds. The molecule has 108 valence electrons. The van der Waals surface area contributed by atoms with Gasteiger partial charge in [-0.25, -0.2) is 0 Å². The van der Waals surface area contributed by atoms with Gasteiger partial charge < -0.3 is 15.0 Å². The lowest BCUT2D eigenvalue weighted by atomic mass is 9.78. The molecule has 2 rings (SSSR count). The molecule has 19 heavy (non-hydrogen) atoms. The van der Waals surface area contributed by atoms with Crippen molar-refractivity contribution >= 4 is 5.91 Å². The maximum absolute atomic E-state index is 12.3. The summed E-state index contributed by atoms with van der Waals surface area (Å²) in [5, 5.41) is 3.45. The lowest BCUT2D eigenvalue weighted by Gasteiger charge is -2.39. The highest BCUT2D eigenvalue weighted by Gasteiger charge is 2.38. The molecule has 2 heterocycles. The van der Waals surface area contributed by atoms with Crippen molar-refractivity contribution in [2.75, 3.05) is 32.8 Å². The first kappa shape index (κ1) is 14.5. The highest BCUT2D eigenvalue weighted by atomic mass is 16.5. The van der Waals surface area contributed by atoms with Gasteiger partial charge in [-0.3, -0.25) is 4.79 Å². The summed E-state index contributed by atoms with van der Waals surface area (Å²) >= 11 is 0. The van der Waals surface area contributed by atoms with Crippen LogP contribution in [0.15, 0.2) is 12.7 Å². The van der Waals surface area contributed by atoms with Gasteiger partial charge in [0, 0.05) is 19.6 Å². The van der Waals surface area contributed by atoms with E-state index < -0.39 is 0 Å². The molecule has 2 aliphatic rings. The smallest absolute Gasteiger partial charge is 0.251 e. The molecule has 0 radical (unpaired) electrons. The number of nitrogens with one attached hydrogen (secondary N) is 1. The Balaban J connectivity index is 1.76. The minimum Gasteiger partial charge on any atom is -0.368 e. The van der Waals surface area contributed by atoms with E-state index in [4.69, 9.17) is 4.74 Å². The first-order chi connectivity index (χ1) is 9.17. The van der Waals surface area contributed by atoms with Crippen molar-refractivity contribution in [1.29, 1.82) is 0 Å². The van der Waals surface area contributed by atoms with Crippen LogP contribution in [0.2, 0.25) is 0 Å². The third-order valence-electron chi connectivity index (χ3n) is 4.51. The van der Waals surface area contributed by atoms with Gasteiger partial charge in [0.1, 0.15) is 6.10 Å². The molecule has 0 aliphatic carbocycles. The average molecular weight is 266 g/mol. The topological polar surface area (TPSA) is 41.6 Å². The summed E-state index contributed by atoms with van der Waals surface area (Å²) in [6.07, 6.45) is 5.81. The summed E-state index contributed by atoms with van der Waals surface area (Å²) < 4.78 is 5.54. The number of hydrogen-bond donors (Lipinski definition) is 1. The van der Waals surface area contributed by atoms with Gasteiger partial charge in [-0.05, 0) is 44.6 Å². The third-order valence-corrected chi connectivity index (χ3v) is 4.51. The zero-order valence-corrected chi connectivity index (χ0v) is 12.0. The summed E-state index contributed by atoms with van der Waals surface area (Å²) in [7, 11) is 0. The third kappa shape index (κ3) is 3.57. The lowest BCUT2D eigenvalue weighted by Crippen LogP contribution is -2.47. The van der Waals surface area contributed by atoms with Crippen LogP contribution in [0, 0.1) is 5.41 Å². The molecule has 4 nitrogen and oxygen atoms in total. The Kier molecular flexibility index (Phi) is 4.99. The van der Waals surface area contributed by atoms with Gasteiger partial charge in [-0.2, -0.15) is 0 Å². The summed E-state index contributed by atoms with van der Waals surface area (Å²) in [5.74, 6) is 0.143. The van der Waals surface area contributed by atoms with Crippen LogP contribution < -0.4 is 5.32 Å². The Labute approximate surface area is 116 Å². The zero-order valence-electron chi connectivity index (χ0n) is 12.0. The van der Waals surface area contributed by atoms with Gasteiger partial charge in [-0.15, -0.1) is 6.58 Å². The largest absolute Gasteiger partial charge is 0.368 e. The van der Waals surface area contributed by atoms with Crippen molar-refractivity contribution < 1.29 is 9.53 Å². The molecule has 0 aromatic rings. The fourth-order valence-electron chi connectivity index (χ4n) is 3.08. The summed E-state index contributed by atoms with van der Waals surface area (Å²) in [6, 6.07) is 0. The van der Waals surface area contributed by atoms with Crippen LogP contribution in [0.1, 0.15) is 32.6 Å². The molecule has 0 bridgehead atoms. The van der Waals surface area contributed by atoms with Gasteiger partial charge in [0.15, 0.2) is 0 Å². The van der Waals surface area contributed by atoms with E-state index in [0.29, 0.717) is 12.0 Å². The zero-order chi connectivity index (χ0) is 13.7. The van der Waals surface area contributed by atoms with Crippen LogP contribution >= 0.6 is 0 Å². The summed E-state index contributed by atoms with van der Waals surface area (Å²) in [6.45, 7) is 10.1. The minimum absolute atomic E-state index is 0.143. The van der Waals surface area contributed by atoms with E-state index in [0.717, 1.165) is 45.4 Å². The minimum atomic E-state index is -0.323. The molecule has 2 fully saturated rings. The number of amides is 1. The van der Waals surface area contributed by atoms with Crippen LogP contribution in [0.3, 0.4) is 0 Å². The number of likely N-dealkylation sites (tertiary alicyclic amines) is 1. The molecule has 1 N–H and O–H groups in total. The molecular weight excluding hydrogens is 240 g/mol. The molecule has 0 aromatic heterocycles. The highest BCUT2D eigenvalue weighted by molar-refractivity contribution is 5.80. The van der Waals surface area contributed by atoms with Crippen molar-refractivity contribution in [1.82, 2.24) is 10.2 Å². The van der Waals surface area contributed by atoms with E-state index >= 15 is 0 Å². The fraction of sp³-hybridized carbons (Fsp3) is 0.800. The van der Waals surface area contributed by atoms with Crippen molar-refractivity contribution in [3.05, 3.63) is 12.7 Å². The van der Waals surface area contributed by atoms with Crippen LogP contribution in [0.4, 0.5) is 0 Å². The fourth-order valence-corrected chi connectivity index (χ4v) is 3.08. The number of carbonyl (C=O) groups excluding carboxylic acids is 1. The molecule has 4 heteroatoms. The second-order valence-corrected chi connectivity index (χ2v) is 5.84. The normalized spacial score (nSPS) is 23.5. The van der Waals surface area contributed by atoms with E-state index in [1.807, 2.05) is 17.9 Å². The predicted molar refractivity (Wildman–Crippen MR) is 76.0 cm³/mol. The van der Waals surface area contributed by atoms with E-state index in [1.54, 1.807) is 0 Å². The van der Waals surface area contributed by atoms with Gasteiger partial charge in [0.2, 0.25) is 0 Å². The maximum Gasteiger partial charge on any atom is 0.251 e. The van der Waals surface area contributed by atoms with Crippen LogP contribution in [0.5, 0.6) is 0 Å². The number of carbonyl (C=O) groups is 1. The second kappa shape index (κ2) is 6.53. The highest BCUT2D eigenvalue weighted by Crippen LogP contribution is 2.37. The summed E-state index contributed by atoms with van der Waals surface area (Å²) in [4.78, 5) is 14.2. The quantitative estimate of drug-likeness (QED) is 0.606. The number of rotatable bonds is 5. The SMILES string of the molecule is C=CCCOC(C)C(=O)N1CCC2(CCNC2)CC1. The Morgan fingerprint density at radius 3 is 2.79 bits per heavy atom. The molecule has 1 spiro atoms. The molecule has 2 saturated heterocycles. The summed E-state index contributed by atoms with van der Waals surface area (Å²) in [5.41, 5.74) is 0.462. The molecule has 1 unspecified atom stereocenters. The van der Waals surface area contributed by atoms with Gasteiger partial charge in [0.25, 0.3) is 5.91 Å². The van der Waals surface area contributed by atoms with Crippen molar-refractivity contribution in [2.24, 2.45) is 5.41 Å². The number of nitrogens with zero attached hydrogens (tertiary/aromatic N) is 1. The molecule has 1 atom stereocenters. The molecular formula is C15H26N2O2. The molecule has 0 saturated carbocycles.